The number of benzene rings is 2. The van der Waals surface area contributed by atoms with E-state index in [-0.39, 0.29) is 23.2 Å². The molecule has 0 saturated carbocycles. The number of ether oxygens (including phenoxy) is 1. The van der Waals surface area contributed by atoms with Gasteiger partial charge in [0.05, 0.1) is 9.85 Å². The second kappa shape index (κ2) is 7.20. The first-order valence-electron chi connectivity index (χ1n) is 7.85. The lowest BCUT2D eigenvalue weighted by Gasteiger charge is -2.11. The van der Waals surface area contributed by atoms with Crippen molar-refractivity contribution in [2.24, 2.45) is 0 Å². The summed E-state index contributed by atoms with van der Waals surface area (Å²) in [6.45, 7) is 3.32. The highest BCUT2D eigenvalue weighted by Crippen LogP contribution is 2.28. The van der Waals surface area contributed by atoms with Crippen molar-refractivity contribution in [1.29, 1.82) is 0 Å². The van der Waals surface area contributed by atoms with Gasteiger partial charge in [-0.2, -0.15) is 0 Å². The van der Waals surface area contributed by atoms with E-state index in [9.17, 15) is 20.2 Å². The minimum absolute atomic E-state index is 0.00764. The summed E-state index contributed by atoms with van der Waals surface area (Å²) in [7, 11) is 0. The Morgan fingerprint density at radius 2 is 1.74 bits per heavy atom. The van der Waals surface area contributed by atoms with Gasteiger partial charge in [0, 0.05) is 29.3 Å². The van der Waals surface area contributed by atoms with Crippen LogP contribution in [-0.2, 0) is 0 Å². The summed E-state index contributed by atoms with van der Waals surface area (Å²) in [6, 6.07) is 10.1. The molecule has 1 atom stereocenters. The third-order valence-corrected chi connectivity index (χ3v) is 3.79. The number of non-ortho nitro benzene ring substituents is 1. The van der Waals surface area contributed by atoms with E-state index in [1.54, 1.807) is 19.9 Å². The van der Waals surface area contributed by atoms with Crippen LogP contribution >= 0.6 is 0 Å². The first-order chi connectivity index (χ1) is 12.8. The normalized spacial score (nSPS) is 11.8. The van der Waals surface area contributed by atoms with Crippen molar-refractivity contribution in [2.45, 2.75) is 20.0 Å². The van der Waals surface area contributed by atoms with Crippen LogP contribution in [0, 0.1) is 27.2 Å². The smallest absolute Gasteiger partial charge is 0.272 e. The molecule has 0 aliphatic heterocycles. The van der Waals surface area contributed by atoms with Crippen LogP contribution in [-0.4, -0.2) is 20.0 Å². The summed E-state index contributed by atoms with van der Waals surface area (Å²) in [5.41, 5.74) is 0.983. The van der Waals surface area contributed by atoms with Crippen LogP contribution < -0.4 is 4.74 Å². The maximum absolute atomic E-state index is 10.9. The molecule has 3 aromatic rings. The van der Waals surface area contributed by atoms with E-state index < -0.39 is 16.0 Å². The highest BCUT2D eigenvalue weighted by Gasteiger charge is 2.18. The van der Waals surface area contributed by atoms with E-state index in [1.807, 2.05) is 0 Å². The molecular formula is C17H14N4O6. The number of aryl methyl sites for hydroxylation is 1. The summed E-state index contributed by atoms with van der Waals surface area (Å²) in [5, 5.41) is 29.4. The average Bonchev–Trinajstić information content (AvgIpc) is 3.12. The monoisotopic (exact) mass is 370 g/mol. The average molecular weight is 370 g/mol. The second-order valence-electron chi connectivity index (χ2n) is 5.71. The molecule has 1 aromatic heterocycles. The molecule has 0 bridgehead atoms. The van der Waals surface area contributed by atoms with Gasteiger partial charge in [0.25, 0.3) is 17.3 Å². The van der Waals surface area contributed by atoms with Crippen molar-refractivity contribution in [3.8, 4) is 17.2 Å². The third-order valence-electron chi connectivity index (χ3n) is 3.79. The fourth-order valence-electron chi connectivity index (χ4n) is 2.40. The van der Waals surface area contributed by atoms with Crippen LogP contribution in [0.4, 0.5) is 11.4 Å². The Bertz CT molecular complexity index is 999. The molecule has 0 N–H and O–H groups in total. The van der Waals surface area contributed by atoms with Crippen molar-refractivity contribution in [3.63, 3.8) is 0 Å². The zero-order valence-corrected chi connectivity index (χ0v) is 14.4. The quantitative estimate of drug-likeness (QED) is 0.469. The van der Waals surface area contributed by atoms with Gasteiger partial charge in [-0.3, -0.25) is 20.2 Å². The molecule has 0 saturated heterocycles. The first-order valence-corrected chi connectivity index (χ1v) is 7.85. The number of aromatic nitrogens is 2. The van der Waals surface area contributed by atoms with Crippen molar-refractivity contribution in [2.75, 3.05) is 0 Å². The minimum Gasteiger partial charge on any atom is -0.481 e. The van der Waals surface area contributed by atoms with E-state index in [2.05, 4.69) is 10.2 Å². The fourth-order valence-corrected chi connectivity index (χ4v) is 2.40. The maximum atomic E-state index is 10.9. The molecule has 2 aromatic carbocycles. The van der Waals surface area contributed by atoms with Crippen molar-refractivity contribution in [3.05, 3.63) is 74.1 Å². The fraction of sp³-hybridized carbons (Fsp3) is 0.176. The molecule has 3 rings (SSSR count). The third kappa shape index (κ3) is 3.89. The molecule has 0 radical (unpaired) electrons. The number of nitrogens with zero attached hydrogens (tertiary/aromatic N) is 4. The molecule has 27 heavy (non-hydrogen) atoms. The number of hydrogen-bond donors (Lipinski definition) is 0. The van der Waals surface area contributed by atoms with E-state index in [4.69, 9.17) is 9.15 Å². The van der Waals surface area contributed by atoms with Gasteiger partial charge in [0.2, 0.25) is 5.89 Å². The van der Waals surface area contributed by atoms with E-state index in [0.29, 0.717) is 16.9 Å². The minimum atomic E-state index is -0.592. The molecule has 10 nitrogen and oxygen atoms in total. The molecule has 0 amide bonds. The van der Waals surface area contributed by atoms with Crippen molar-refractivity contribution in [1.82, 2.24) is 10.2 Å². The lowest BCUT2D eigenvalue weighted by molar-refractivity contribution is -0.385. The van der Waals surface area contributed by atoms with Gasteiger partial charge < -0.3 is 9.15 Å². The Hall–Kier alpha value is -3.82. The Balaban J connectivity index is 1.75. The van der Waals surface area contributed by atoms with Crippen molar-refractivity contribution < 1.29 is 19.0 Å². The number of hydrogen-bond acceptors (Lipinski definition) is 8. The van der Waals surface area contributed by atoms with Gasteiger partial charge in [-0.05, 0) is 38.1 Å². The molecule has 0 aliphatic carbocycles. The molecular weight excluding hydrogens is 356 g/mol. The summed E-state index contributed by atoms with van der Waals surface area (Å²) in [5.74, 6) is 0.843. The zero-order valence-electron chi connectivity index (χ0n) is 14.4. The Labute approximate surface area is 152 Å². The maximum Gasteiger partial charge on any atom is 0.272 e. The molecule has 10 heteroatoms. The van der Waals surface area contributed by atoms with Gasteiger partial charge in [0.1, 0.15) is 5.75 Å². The van der Waals surface area contributed by atoms with Gasteiger partial charge in [-0.15, -0.1) is 10.2 Å². The van der Waals surface area contributed by atoms with Crippen LogP contribution in [0.3, 0.4) is 0 Å². The van der Waals surface area contributed by atoms with Crippen LogP contribution in [0.2, 0.25) is 0 Å². The van der Waals surface area contributed by atoms with E-state index in [0.717, 1.165) is 0 Å². The molecule has 0 spiro atoms. The lowest BCUT2D eigenvalue weighted by Crippen LogP contribution is -2.04. The Morgan fingerprint density at radius 3 is 2.33 bits per heavy atom. The number of nitro benzene ring substituents is 2. The second-order valence-corrected chi connectivity index (χ2v) is 5.71. The summed E-state index contributed by atoms with van der Waals surface area (Å²) < 4.78 is 11.3. The highest BCUT2D eigenvalue weighted by atomic mass is 16.6. The first kappa shape index (κ1) is 18.0. The van der Waals surface area contributed by atoms with Crippen LogP contribution in [0.15, 0.2) is 46.9 Å². The van der Waals surface area contributed by atoms with Crippen molar-refractivity contribution >= 4 is 11.4 Å². The molecule has 0 aliphatic rings. The van der Waals surface area contributed by atoms with Crippen LogP contribution in [0.1, 0.15) is 24.5 Å². The molecule has 0 unspecified atom stereocenters. The molecule has 0 fully saturated rings. The predicted molar refractivity (Wildman–Crippen MR) is 93.3 cm³/mol. The highest BCUT2D eigenvalue weighted by molar-refractivity contribution is 5.55. The molecule has 138 valence electrons. The standard InChI is InChI=1S/C17H14N4O6/c1-10-9-14(7-8-15(10)21(24)25)26-11(2)16-18-19-17(27-16)12-3-5-13(6-4-12)20(22)23/h3-9,11H,1-2H3/t11-/m1/s1. The Morgan fingerprint density at radius 1 is 1.04 bits per heavy atom. The summed E-state index contributed by atoms with van der Waals surface area (Å²) in [6.07, 6.45) is -0.592. The summed E-state index contributed by atoms with van der Waals surface area (Å²) >= 11 is 0. The van der Waals surface area contributed by atoms with Crippen LogP contribution in [0.5, 0.6) is 5.75 Å². The predicted octanol–water partition coefficient (Wildman–Crippen LogP) is 4.00. The van der Waals surface area contributed by atoms with E-state index in [1.165, 1.54) is 36.4 Å². The SMILES string of the molecule is Cc1cc(O[C@H](C)c2nnc(-c3ccc([N+](=O)[O-])cc3)o2)ccc1[N+](=O)[O-]. The number of nitro groups is 2. The summed E-state index contributed by atoms with van der Waals surface area (Å²) in [4.78, 5) is 20.6. The van der Waals surface area contributed by atoms with Gasteiger partial charge >= 0.3 is 0 Å². The topological polar surface area (TPSA) is 134 Å². The number of rotatable bonds is 6. The zero-order chi connectivity index (χ0) is 19.6. The van der Waals surface area contributed by atoms with Gasteiger partial charge in [-0.25, -0.2) is 0 Å². The lowest BCUT2D eigenvalue weighted by atomic mass is 10.2. The van der Waals surface area contributed by atoms with E-state index >= 15 is 0 Å². The van der Waals surface area contributed by atoms with Gasteiger partial charge in [0.15, 0.2) is 6.10 Å². The van der Waals surface area contributed by atoms with Crippen LogP contribution in [0.25, 0.3) is 11.5 Å². The largest absolute Gasteiger partial charge is 0.481 e. The molecule has 1 heterocycles. The Kier molecular flexibility index (Phi) is 4.79. The van der Waals surface area contributed by atoms with Gasteiger partial charge in [-0.1, -0.05) is 0 Å².